The zero-order chi connectivity index (χ0) is 20.4. The number of hydroxylamine groups is 1. The number of nitrogens with zero attached hydrogens (tertiary/aromatic N) is 2. The molecule has 30 heavy (non-hydrogen) atoms. The maximum atomic E-state index is 11.2. The molecule has 0 amide bonds. The lowest BCUT2D eigenvalue weighted by molar-refractivity contribution is -0.150. The van der Waals surface area contributed by atoms with Crippen LogP contribution in [0.15, 0.2) is 48.5 Å². The molecule has 158 valence electrons. The molecule has 1 aromatic heterocycles. The highest BCUT2D eigenvalue weighted by molar-refractivity contribution is 6.30. The number of hydrogen-bond donors (Lipinski definition) is 1. The Hall–Kier alpha value is -2.87. The monoisotopic (exact) mass is 429 g/mol. The van der Waals surface area contributed by atoms with Crippen LogP contribution in [0.25, 0.3) is 16.9 Å². The number of ether oxygens (including phenoxy) is 1. The molecular weight excluding hydrogens is 406 g/mol. The first-order valence-corrected chi connectivity index (χ1v) is 9.87. The molecule has 0 spiro atoms. The van der Waals surface area contributed by atoms with Crippen LogP contribution < -0.4 is 10.2 Å². The van der Waals surface area contributed by atoms with Crippen LogP contribution in [0.5, 0.6) is 5.75 Å². The summed E-state index contributed by atoms with van der Waals surface area (Å²) in [4.78, 5) is 16.2. The van der Waals surface area contributed by atoms with E-state index in [0.717, 1.165) is 41.2 Å². The van der Waals surface area contributed by atoms with Gasteiger partial charge in [-0.3, -0.25) is 4.79 Å². The second-order valence-corrected chi connectivity index (χ2v) is 7.48. The van der Waals surface area contributed by atoms with E-state index in [0.29, 0.717) is 11.4 Å². The predicted octanol–water partition coefficient (Wildman–Crippen LogP) is 3.30. The van der Waals surface area contributed by atoms with Crippen molar-refractivity contribution >= 4 is 17.6 Å². The topological polar surface area (TPSA) is 96.9 Å². The summed E-state index contributed by atoms with van der Waals surface area (Å²) in [5.74, 6) is 0.448. The first-order chi connectivity index (χ1) is 14.0. The van der Waals surface area contributed by atoms with Gasteiger partial charge in [0.15, 0.2) is 0 Å². The van der Waals surface area contributed by atoms with Crippen molar-refractivity contribution in [1.29, 1.82) is 0 Å². The Balaban J connectivity index is 0.00000256. The van der Waals surface area contributed by atoms with Crippen LogP contribution in [0.4, 0.5) is 0 Å². The quantitative estimate of drug-likeness (QED) is 0.627. The number of nitrogens with one attached hydrogen (secondary N) is 1. The summed E-state index contributed by atoms with van der Waals surface area (Å²) in [6, 6.07) is 15.6. The molecule has 2 aromatic carbocycles. The fraction of sp³-hybridized carbons (Fsp3) is 0.273. The van der Waals surface area contributed by atoms with Crippen LogP contribution >= 0.6 is 11.6 Å². The van der Waals surface area contributed by atoms with Crippen molar-refractivity contribution in [2.45, 2.75) is 32.2 Å². The zero-order valence-corrected chi connectivity index (χ0v) is 17.6. The van der Waals surface area contributed by atoms with E-state index < -0.39 is 0 Å². The smallest absolute Gasteiger partial charge is 0.321 e. The average Bonchev–Trinajstić information content (AvgIpc) is 3.12. The third-order valence-electron chi connectivity index (χ3n) is 5.08. The summed E-state index contributed by atoms with van der Waals surface area (Å²) < 4.78 is 7.25. The molecule has 0 fully saturated rings. The fourth-order valence-electron chi connectivity index (χ4n) is 3.66. The molecule has 0 radical (unpaired) electrons. The number of aromatic nitrogens is 2. The molecule has 0 aliphatic heterocycles. The molecule has 1 atom stereocenters. The molecule has 1 unspecified atom stereocenters. The SMILES string of the molecule is COc1ccc(-n2nc(-c3ccc(Cl)cc3)c3c2CC(NOC(C)=O)CC3)cc1.O. The summed E-state index contributed by atoms with van der Waals surface area (Å²) in [5.41, 5.74) is 8.15. The molecule has 7 nitrogen and oxygen atoms in total. The minimum Gasteiger partial charge on any atom is -0.497 e. The molecule has 1 aliphatic carbocycles. The number of halogens is 1. The summed E-state index contributed by atoms with van der Waals surface area (Å²) in [7, 11) is 1.65. The van der Waals surface area contributed by atoms with Gasteiger partial charge >= 0.3 is 5.97 Å². The van der Waals surface area contributed by atoms with Gasteiger partial charge in [-0.15, -0.1) is 5.48 Å². The molecule has 1 heterocycles. The van der Waals surface area contributed by atoms with E-state index in [-0.39, 0.29) is 17.5 Å². The van der Waals surface area contributed by atoms with Gasteiger partial charge in [0.1, 0.15) is 5.75 Å². The lowest BCUT2D eigenvalue weighted by Crippen LogP contribution is -2.36. The van der Waals surface area contributed by atoms with Crippen LogP contribution in [0.1, 0.15) is 24.6 Å². The lowest BCUT2D eigenvalue weighted by atomic mass is 9.90. The van der Waals surface area contributed by atoms with E-state index in [1.165, 1.54) is 12.5 Å². The Kier molecular flexibility index (Phi) is 6.77. The summed E-state index contributed by atoms with van der Waals surface area (Å²) in [6.07, 6.45) is 2.40. The van der Waals surface area contributed by atoms with E-state index in [2.05, 4.69) is 5.48 Å². The van der Waals surface area contributed by atoms with E-state index in [1.807, 2.05) is 53.2 Å². The van der Waals surface area contributed by atoms with Gasteiger partial charge in [-0.1, -0.05) is 23.7 Å². The van der Waals surface area contributed by atoms with E-state index in [1.54, 1.807) is 7.11 Å². The fourth-order valence-corrected chi connectivity index (χ4v) is 3.78. The number of methoxy groups -OCH3 is 1. The minimum absolute atomic E-state index is 0. The van der Waals surface area contributed by atoms with Crippen molar-refractivity contribution in [2.24, 2.45) is 0 Å². The van der Waals surface area contributed by atoms with E-state index in [4.69, 9.17) is 26.3 Å². The largest absolute Gasteiger partial charge is 0.497 e. The number of carbonyl (C=O) groups excluding carboxylic acids is 1. The summed E-state index contributed by atoms with van der Waals surface area (Å²) in [6.45, 7) is 1.39. The number of carbonyl (C=O) groups is 1. The van der Waals surface area contributed by atoms with Gasteiger partial charge in [0.2, 0.25) is 0 Å². The molecule has 4 rings (SSSR count). The third kappa shape index (κ3) is 4.48. The van der Waals surface area contributed by atoms with Gasteiger partial charge in [-0.05, 0) is 49.2 Å². The zero-order valence-electron chi connectivity index (χ0n) is 16.8. The Labute approximate surface area is 179 Å². The molecular formula is C22H24ClN3O4. The van der Waals surface area contributed by atoms with Crippen LogP contribution in [-0.2, 0) is 22.5 Å². The van der Waals surface area contributed by atoms with Crippen LogP contribution in [0.2, 0.25) is 5.02 Å². The van der Waals surface area contributed by atoms with Crippen molar-refractivity contribution in [3.63, 3.8) is 0 Å². The first kappa shape index (κ1) is 21.8. The maximum Gasteiger partial charge on any atom is 0.321 e. The van der Waals surface area contributed by atoms with Gasteiger partial charge in [0, 0.05) is 41.2 Å². The van der Waals surface area contributed by atoms with Crippen molar-refractivity contribution in [2.75, 3.05) is 7.11 Å². The number of hydrogen-bond acceptors (Lipinski definition) is 5. The molecule has 0 saturated heterocycles. The highest BCUT2D eigenvalue weighted by atomic mass is 35.5. The second-order valence-electron chi connectivity index (χ2n) is 7.04. The highest BCUT2D eigenvalue weighted by Crippen LogP contribution is 2.33. The third-order valence-corrected chi connectivity index (χ3v) is 5.33. The standard InChI is InChI=1S/C22H22ClN3O3.H2O/c1-14(27)29-25-17-7-12-20-21(13-17)26(18-8-10-19(28-2)11-9-18)24-22(20)15-3-5-16(23)6-4-15;/h3-6,8-11,17,25H,7,12-13H2,1-2H3;1H2. The molecule has 3 aromatic rings. The van der Waals surface area contributed by atoms with Crippen molar-refractivity contribution in [3.8, 4) is 22.7 Å². The molecule has 1 aliphatic rings. The van der Waals surface area contributed by atoms with Gasteiger partial charge < -0.3 is 15.1 Å². The van der Waals surface area contributed by atoms with Gasteiger partial charge in [0.05, 0.1) is 18.5 Å². The number of benzene rings is 2. The molecule has 0 saturated carbocycles. The van der Waals surface area contributed by atoms with Crippen molar-refractivity contribution < 1.29 is 19.8 Å². The Bertz CT molecular complexity index is 1020. The molecule has 3 N–H and O–H groups in total. The van der Waals surface area contributed by atoms with E-state index >= 15 is 0 Å². The van der Waals surface area contributed by atoms with Crippen molar-refractivity contribution in [3.05, 3.63) is 64.8 Å². The van der Waals surface area contributed by atoms with Crippen LogP contribution in [0.3, 0.4) is 0 Å². The van der Waals surface area contributed by atoms with Crippen LogP contribution in [0, 0.1) is 0 Å². The number of fused-ring (bicyclic) bond motifs is 1. The highest BCUT2D eigenvalue weighted by Gasteiger charge is 2.28. The minimum atomic E-state index is -0.346. The summed E-state index contributed by atoms with van der Waals surface area (Å²) >= 11 is 6.06. The Morgan fingerprint density at radius 3 is 2.50 bits per heavy atom. The predicted molar refractivity (Wildman–Crippen MR) is 115 cm³/mol. The van der Waals surface area contributed by atoms with E-state index in [9.17, 15) is 4.79 Å². The van der Waals surface area contributed by atoms with Gasteiger partial charge in [-0.25, -0.2) is 4.68 Å². The van der Waals surface area contributed by atoms with Crippen LogP contribution in [-0.4, -0.2) is 34.4 Å². The van der Waals surface area contributed by atoms with Crippen molar-refractivity contribution in [1.82, 2.24) is 15.3 Å². The lowest BCUT2D eigenvalue weighted by Gasteiger charge is -2.23. The average molecular weight is 430 g/mol. The molecule has 0 bridgehead atoms. The normalized spacial score (nSPS) is 15.1. The second kappa shape index (κ2) is 9.30. The first-order valence-electron chi connectivity index (χ1n) is 9.49. The Morgan fingerprint density at radius 1 is 1.17 bits per heavy atom. The molecule has 8 heteroatoms. The summed E-state index contributed by atoms with van der Waals surface area (Å²) in [5, 5.41) is 5.64. The van der Waals surface area contributed by atoms with Gasteiger partial charge in [0.25, 0.3) is 0 Å². The van der Waals surface area contributed by atoms with Gasteiger partial charge in [-0.2, -0.15) is 5.10 Å². The maximum absolute atomic E-state index is 11.2. The Morgan fingerprint density at radius 2 is 1.87 bits per heavy atom. The number of rotatable bonds is 5.